The summed E-state index contributed by atoms with van der Waals surface area (Å²) in [6, 6.07) is 9.81. The van der Waals surface area contributed by atoms with Crippen molar-refractivity contribution in [1.82, 2.24) is 5.32 Å². The van der Waals surface area contributed by atoms with Crippen LogP contribution in [0.25, 0.3) is 0 Å². The highest BCUT2D eigenvalue weighted by molar-refractivity contribution is 5.18. The molecule has 3 nitrogen and oxygen atoms in total. The molecular weight excluding hydrogens is 178 g/mol. The van der Waals surface area contributed by atoms with Crippen molar-refractivity contribution in [2.24, 2.45) is 0 Å². The van der Waals surface area contributed by atoms with Gasteiger partial charge in [0, 0.05) is 0 Å². The predicted octanol–water partition coefficient (Wildman–Crippen LogP) is 0.172. The summed E-state index contributed by atoms with van der Waals surface area (Å²) >= 11 is 0. The molecule has 78 valence electrons. The molecule has 3 N–H and O–H groups in total. The molecule has 0 radical (unpaired) electrons. The maximum atomic E-state index is 9.22. The van der Waals surface area contributed by atoms with Crippen LogP contribution in [0.1, 0.15) is 5.56 Å². The largest absolute Gasteiger partial charge is 0.394 e. The van der Waals surface area contributed by atoms with E-state index in [1.54, 1.807) is 7.05 Å². The zero-order valence-corrected chi connectivity index (χ0v) is 8.40. The summed E-state index contributed by atoms with van der Waals surface area (Å²) in [5, 5.41) is 21.4. The maximum Gasteiger partial charge on any atom is 0.0686 e. The smallest absolute Gasteiger partial charge is 0.0686 e. The molecule has 0 aliphatic heterocycles. The highest BCUT2D eigenvalue weighted by atomic mass is 16.3. The topological polar surface area (TPSA) is 52.5 Å². The second-order valence-electron chi connectivity index (χ2n) is 3.51. The second-order valence-corrected chi connectivity index (χ2v) is 3.51. The van der Waals surface area contributed by atoms with E-state index in [1.165, 1.54) is 0 Å². The Kier molecular flexibility index (Phi) is 4.07. The first kappa shape index (κ1) is 11.2. The quantitative estimate of drug-likeness (QED) is 0.628. The van der Waals surface area contributed by atoms with Crippen molar-refractivity contribution < 1.29 is 10.2 Å². The molecule has 0 heterocycles. The van der Waals surface area contributed by atoms with E-state index in [0.29, 0.717) is 6.42 Å². The maximum absolute atomic E-state index is 9.22. The Balaban J connectivity index is 2.74. The number of aliphatic hydroxyl groups excluding tert-OH is 2. The molecule has 3 heteroatoms. The van der Waals surface area contributed by atoms with Crippen LogP contribution < -0.4 is 5.32 Å². The van der Waals surface area contributed by atoms with Gasteiger partial charge in [0.1, 0.15) is 0 Å². The van der Waals surface area contributed by atoms with Gasteiger partial charge in [0.15, 0.2) is 0 Å². The standard InChI is InChI=1S/C11H17NO2/c1-12-11(8-13,9-14)7-10-5-3-2-4-6-10/h2-6,12-14H,7-9H2,1H3. The van der Waals surface area contributed by atoms with Crippen LogP contribution >= 0.6 is 0 Å². The molecule has 0 unspecified atom stereocenters. The van der Waals surface area contributed by atoms with E-state index >= 15 is 0 Å². The number of likely N-dealkylation sites (N-methyl/N-ethyl adjacent to an activating group) is 1. The molecular formula is C11H17NO2. The van der Waals surface area contributed by atoms with Gasteiger partial charge in [-0.2, -0.15) is 0 Å². The third-order valence-electron chi connectivity index (χ3n) is 2.52. The molecule has 0 saturated heterocycles. The Bertz CT molecular complexity index is 249. The summed E-state index contributed by atoms with van der Waals surface area (Å²) in [7, 11) is 1.75. The lowest BCUT2D eigenvalue weighted by Gasteiger charge is -2.29. The van der Waals surface area contributed by atoms with Crippen LogP contribution in [0.15, 0.2) is 30.3 Å². The summed E-state index contributed by atoms with van der Waals surface area (Å²) in [5.74, 6) is 0. The van der Waals surface area contributed by atoms with Gasteiger partial charge in [-0.25, -0.2) is 0 Å². The number of aliphatic hydroxyl groups is 2. The van der Waals surface area contributed by atoms with Gasteiger partial charge in [0.2, 0.25) is 0 Å². The van der Waals surface area contributed by atoms with Crippen molar-refractivity contribution in [3.63, 3.8) is 0 Å². The van der Waals surface area contributed by atoms with E-state index in [2.05, 4.69) is 5.32 Å². The number of rotatable bonds is 5. The average molecular weight is 195 g/mol. The van der Waals surface area contributed by atoms with Gasteiger partial charge < -0.3 is 15.5 Å². The first-order chi connectivity index (χ1) is 6.76. The normalized spacial score (nSPS) is 11.6. The third kappa shape index (κ3) is 2.54. The van der Waals surface area contributed by atoms with Crippen molar-refractivity contribution in [2.45, 2.75) is 12.0 Å². The molecule has 0 aliphatic carbocycles. The molecule has 0 aliphatic rings. The highest BCUT2D eigenvalue weighted by Crippen LogP contribution is 2.12. The molecule has 0 bridgehead atoms. The van der Waals surface area contributed by atoms with Crippen molar-refractivity contribution in [3.05, 3.63) is 35.9 Å². The van der Waals surface area contributed by atoms with Crippen molar-refractivity contribution in [2.75, 3.05) is 20.3 Å². The Morgan fingerprint density at radius 1 is 1.14 bits per heavy atom. The molecule has 0 fully saturated rings. The van der Waals surface area contributed by atoms with E-state index in [0.717, 1.165) is 5.56 Å². The molecule has 1 aromatic carbocycles. The minimum Gasteiger partial charge on any atom is -0.394 e. The monoisotopic (exact) mass is 195 g/mol. The second kappa shape index (κ2) is 5.10. The van der Waals surface area contributed by atoms with E-state index in [9.17, 15) is 10.2 Å². The van der Waals surface area contributed by atoms with Crippen LogP contribution in [-0.4, -0.2) is 36.0 Å². The molecule has 1 rings (SSSR count). The Hall–Kier alpha value is -0.900. The number of benzene rings is 1. The fourth-order valence-corrected chi connectivity index (χ4v) is 1.39. The SMILES string of the molecule is CNC(CO)(CO)Cc1ccccc1. The van der Waals surface area contributed by atoms with E-state index < -0.39 is 5.54 Å². The lowest BCUT2D eigenvalue weighted by Crippen LogP contribution is -2.51. The predicted molar refractivity (Wildman–Crippen MR) is 56.1 cm³/mol. The highest BCUT2D eigenvalue weighted by Gasteiger charge is 2.26. The van der Waals surface area contributed by atoms with Gasteiger partial charge in [0.25, 0.3) is 0 Å². The first-order valence-corrected chi connectivity index (χ1v) is 4.71. The van der Waals surface area contributed by atoms with Gasteiger partial charge in [-0.05, 0) is 19.0 Å². The summed E-state index contributed by atoms with van der Waals surface area (Å²) in [5.41, 5.74) is 0.492. The number of hydrogen-bond acceptors (Lipinski definition) is 3. The van der Waals surface area contributed by atoms with Crippen LogP contribution in [-0.2, 0) is 6.42 Å². The minimum atomic E-state index is -0.610. The van der Waals surface area contributed by atoms with Crippen molar-refractivity contribution in [1.29, 1.82) is 0 Å². The van der Waals surface area contributed by atoms with Crippen LogP contribution in [0, 0.1) is 0 Å². The molecule has 0 atom stereocenters. The summed E-state index contributed by atoms with van der Waals surface area (Å²) in [6.07, 6.45) is 0.622. The Morgan fingerprint density at radius 2 is 1.71 bits per heavy atom. The van der Waals surface area contributed by atoms with Gasteiger partial charge in [-0.1, -0.05) is 30.3 Å². The van der Waals surface area contributed by atoms with Crippen LogP contribution in [0.4, 0.5) is 0 Å². The molecule has 0 spiro atoms. The third-order valence-corrected chi connectivity index (χ3v) is 2.52. The van der Waals surface area contributed by atoms with E-state index in [-0.39, 0.29) is 13.2 Å². The molecule has 1 aromatic rings. The summed E-state index contributed by atoms with van der Waals surface area (Å²) < 4.78 is 0. The van der Waals surface area contributed by atoms with E-state index in [1.807, 2.05) is 30.3 Å². The number of nitrogens with one attached hydrogen (secondary N) is 1. The van der Waals surface area contributed by atoms with Crippen molar-refractivity contribution in [3.8, 4) is 0 Å². The van der Waals surface area contributed by atoms with Gasteiger partial charge in [0.05, 0.1) is 18.8 Å². The van der Waals surface area contributed by atoms with Gasteiger partial charge in [-0.15, -0.1) is 0 Å². The lowest BCUT2D eigenvalue weighted by atomic mass is 9.92. The van der Waals surface area contributed by atoms with Crippen LogP contribution in [0.5, 0.6) is 0 Å². The molecule has 0 aromatic heterocycles. The lowest BCUT2D eigenvalue weighted by molar-refractivity contribution is 0.0972. The zero-order chi connectivity index (χ0) is 10.4. The van der Waals surface area contributed by atoms with Gasteiger partial charge >= 0.3 is 0 Å². The zero-order valence-electron chi connectivity index (χ0n) is 8.40. The molecule has 0 saturated carbocycles. The average Bonchev–Trinajstić information content (AvgIpc) is 2.28. The fourth-order valence-electron chi connectivity index (χ4n) is 1.39. The molecule has 0 amide bonds. The van der Waals surface area contributed by atoms with Crippen LogP contribution in [0.2, 0.25) is 0 Å². The fraction of sp³-hybridized carbons (Fsp3) is 0.455. The minimum absolute atomic E-state index is 0.0745. The first-order valence-electron chi connectivity index (χ1n) is 4.71. The van der Waals surface area contributed by atoms with Crippen LogP contribution in [0.3, 0.4) is 0 Å². The summed E-state index contributed by atoms with van der Waals surface area (Å²) in [4.78, 5) is 0. The Morgan fingerprint density at radius 3 is 2.14 bits per heavy atom. The number of hydrogen-bond donors (Lipinski definition) is 3. The van der Waals surface area contributed by atoms with Crippen molar-refractivity contribution >= 4 is 0 Å². The summed E-state index contributed by atoms with van der Waals surface area (Å²) in [6.45, 7) is -0.149. The van der Waals surface area contributed by atoms with E-state index in [4.69, 9.17) is 0 Å². The molecule has 14 heavy (non-hydrogen) atoms. The van der Waals surface area contributed by atoms with Gasteiger partial charge in [-0.3, -0.25) is 0 Å². The Labute approximate surface area is 84.4 Å².